The summed E-state index contributed by atoms with van der Waals surface area (Å²) in [7, 11) is 0. The minimum atomic E-state index is 0.00770. The Morgan fingerprint density at radius 1 is 1.46 bits per heavy atom. The van der Waals surface area contributed by atoms with Crippen LogP contribution in [0.15, 0.2) is 33.3 Å². The van der Waals surface area contributed by atoms with Crippen LogP contribution in [0.25, 0.3) is 11.4 Å². The van der Waals surface area contributed by atoms with E-state index in [1.807, 2.05) is 31.2 Å². The van der Waals surface area contributed by atoms with Crippen molar-refractivity contribution in [1.29, 1.82) is 0 Å². The largest absolute Gasteiger partial charge is 0.382 e. The molecule has 1 aliphatic rings. The topological polar surface area (TPSA) is 80.5 Å². The fourth-order valence-corrected chi connectivity index (χ4v) is 3.74. The molecule has 0 bridgehead atoms. The number of rotatable bonds is 9. The van der Waals surface area contributed by atoms with Gasteiger partial charge in [-0.1, -0.05) is 33.2 Å². The van der Waals surface area contributed by atoms with Crippen LogP contribution in [0.3, 0.4) is 0 Å². The van der Waals surface area contributed by atoms with Crippen molar-refractivity contribution >= 4 is 21.8 Å². The first-order valence-corrected chi connectivity index (χ1v) is 10.6. The lowest BCUT2D eigenvalue weighted by Gasteiger charge is -2.30. The van der Waals surface area contributed by atoms with E-state index >= 15 is 0 Å². The number of carbonyl (C=O) groups excluding carboxylic acids is 1. The van der Waals surface area contributed by atoms with E-state index in [1.165, 1.54) is 0 Å². The minimum absolute atomic E-state index is 0.00770. The van der Waals surface area contributed by atoms with Crippen LogP contribution in [-0.2, 0) is 16.1 Å². The molecule has 1 amide bonds. The van der Waals surface area contributed by atoms with Crippen molar-refractivity contribution in [2.45, 2.75) is 32.7 Å². The third-order valence-electron chi connectivity index (χ3n) is 4.75. The molecule has 1 aromatic heterocycles. The summed E-state index contributed by atoms with van der Waals surface area (Å²) >= 11 is 3.46. The Kier molecular flexibility index (Phi) is 8.00. The van der Waals surface area contributed by atoms with Gasteiger partial charge in [-0.25, -0.2) is 0 Å². The van der Waals surface area contributed by atoms with Gasteiger partial charge in [-0.15, -0.1) is 0 Å². The smallest absolute Gasteiger partial charge is 0.241 e. The molecule has 2 aromatic rings. The predicted octanol–water partition coefficient (Wildman–Crippen LogP) is 3.25. The van der Waals surface area contributed by atoms with Gasteiger partial charge in [0, 0.05) is 36.3 Å². The maximum Gasteiger partial charge on any atom is 0.241 e. The van der Waals surface area contributed by atoms with Crippen LogP contribution in [0.4, 0.5) is 0 Å². The summed E-state index contributed by atoms with van der Waals surface area (Å²) in [4.78, 5) is 19.1. The van der Waals surface area contributed by atoms with Crippen molar-refractivity contribution in [2.24, 2.45) is 5.92 Å². The van der Waals surface area contributed by atoms with E-state index in [9.17, 15) is 4.79 Å². The molecule has 7 nitrogen and oxygen atoms in total. The summed E-state index contributed by atoms with van der Waals surface area (Å²) in [5, 5.41) is 7.11. The number of nitrogens with zero attached hydrogens (tertiary/aromatic N) is 3. The Balaban J connectivity index is 1.49. The van der Waals surface area contributed by atoms with Crippen molar-refractivity contribution in [3.8, 4) is 11.4 Å². The lowest BCUT2D eigenvalue weighted by Crippen LogP contribution is -2.43. The van der Waals surface area contributed by atoms with Crippen molar-refractivity contribution in [3.63, 3.8) is 0 Å². The zero-order chi connectivity index (χ0) is 19.8. The molecule has 0 aliphatic carbocycles. The maximum atomic E-state index is 12.4. The molecule has 1 saturated heterocycles. The van der Waals surface area contributed by atoms with Crippen LogP contribution in [-0.4, -0.2) is 53.8 Å². The van der Waals surface area contributed by atoms with Gasteiger partial charge < -0.3 is 14.6 Å². The van der Waals surface area contributed by atoms with Gasteiger partial charge in [-0.3, -0.25) is 9.69 Å². The normalized spacial score (nSPS) is 17.6. The Morgan fingerprint density at radius 3 is 3.18 bits per heavy atom. The van der Waals surface area contributed by atoms with Gasteiger partial charge in [0.1, 0.15) is 0 Å². The Morgan fingerprint density at radius 2 is 2.36 bits per heavy atom. The molecule has 2 heterocycles. The number of ether oxygens (including phenoxy) is 1. The molecule has 8 heteroatoms. The molecule has 152 valence electrons. The van der Waals surface area contributed by atoms with Crippen LogP contribution >= 0.6 is 15.9 Å². The first-order chi connectivity index (χ1) is 13.7. The summed E-state index contributed by atoms with van der Waals surface area (Å²) in [6.07, 6.45) is 2.75. The second-order valence-electron chi connectivity index (χ2n) is 6.94. The number of hydrogen-bond donors (Lipinski definition) is 1. The van der Waals surface area contributed by atoms with Crippen LogP contribution in [0.1, 0.15) is 32.1 Å². The zero-order valence-corrected chi connectivity index (χ0v) is 17.8. The molecule has 0 radical (unpaired) electrons. The lowest BCUT2D eigenvalue weighted by atomic mass is 9.97. The highest BCUT2D eigenvalue weighted by Gasteiger charge is 2.26. The van der Waals surface area contributed by atoms with E-state index in [1.54, 1.807) is 0 Å². The third-order valence-corrected chi connectivity index (χ3v) is 5.25. The van der Waals surface area contributed by atoms with Gasteiger partial charge in [0.05, 0.1) is 12.5 Å². The van der Waals surface area contributed by atoms with E-state index in [-0.39, 0.29) is 11.8 Å². The number of amides is 1. The molecule has 0 spiro atoms. The van der Waals surface area contributed by atoms with Gasteiger partial charge >= 0.3 is 0 Å². The predicted molar refractivity (Wildman–Crippen MR) is 110 cm³/mol. The fraction of sp³-hybridized carbons (Fsp3) is 0.550. The summed E-state index contributed by atoms with van der Waals surface area (Å²) < 4.78 is 11.7. The Hall–Kier alpha value is -1.77. The molecular formula is C20H27BrN4O3. The van der Waals surface area contributed by atoms with Gasteiger partial charge in [-0.2, -0.15) is 4.98 Å². The summed E-state index contributed by atoms with van der Waals surface area (Å²) in [6, 6.07) is 7.81. The summed E-state index contributed by atoms with van der Waals surface area (Å²) in [5.41, 5.74) is 0.910. The van der Waals surface area contributed by atoms with Crippen LogP contribution in [0.2, 0.25) is 0 Å². The molecule has 1 N–H and O–H groups in total. The second-order valence-corrected chi connectivity index (χ2v) is 7.85. The number of aromatic nitrogens is 2. The Bertz CT molecular complexity index is 767. The average molecular weight is 451 g/mol. The molecule has 1 unspecified atom stereocenters. The standard InChI is InChI=1S/C20H27BrN4O3/c1-2-27-11-5-9-22-20(26)16-7-4-10-25(13-16)14-18-23-19(24-28-18)15-6-3-8-17(21)12-15/h3,6,8,12,16H,2,4-5,7,9-11,13-14H2,1H3,(H,22,26). The van der Waals surface area contributed by atoms with Crippen molar-refractivity contribution < 1.29 is 14.1 Å². The van der Waals surface area contributed by atoms with Gasteiger partial charge in [0.2, 0.25) is 17.6 Å². The SMILES string of the molecule is CCOCCCNC(=O)C1CCCN(Cc2nc(-c3cccc(Br)c3)no2)C1. The Labute approximate surface area is 173 Å². The number of hydrogen-bond acceptors (Lipinski definition) is 6. The van der Waals surface area contributed by atoms with Crippen LogP contribution in [0.5, 0.6) is 0 Å². The molecule has 3 rings (SSSR count). The zero-order valence-electron chi connectivity index (χ0n) is 16.2. The van der Waals surface area contributed by atoms with Crippen molar-refractivity contribution in [3.05, 3.63) is 34.6 Å². The van der Waals surface area contributed by atoms with E-state index in [4.69, 9.17) is 9.26 Å². The van der Waals surface area contributed by atoms with E-state index in [0.717, 1.165) is 35.8 Å². The third kappa shape index (κ3) is 6.12. The fourth-order valence-electron chi connectivity index (χ4n) is 3.34. The van der Waals surface area contributed by atoms with Gasteiger partial charge in [0.25, 0.3) is 0 Å². The van der Waals surface area contributed by atoms with E-state index in [0.29, 0.717) is 44.6 Å². The molecule has 1 aliphatic heterocycles. The van der Waals surface area contributed by atoms with E-state index in [2.05, 4.69) is 36.3 Å². The van der Waals surface area contributed by atoms with E-state index < -0.39 is 0 Å². The highest BCUT2D eigenvalue weighted by molar-refractivity contribution is 9.10. The molecule has 0 saturated carbocycles. The highest BCUT2D eigenvalue weighted by Crippen LogP contribution is 2.22. The minimum Gasteiger partial charge on any atom is -0.382 e. The molecule has 1 fully saturated rings. The molecular weight excluding hydrogens is 424 g/mol. The monoisotopic (exact) mass is 450 g/mol. The number of benzene rings is 1. The number of likely N-dealkylation sites (tertiary alicyclic amines) is 1. The molecule has 28 heavy (non-hydrogen) atoms. The number of halogens is 1. The first kappa shape index (κ1) is 21.0. The summed E-state index contributed by atoms with van der Waals surface area (Å²) in [6.45, 7) is 6.24. The lowest BCUT2D eigenvalue weighted by molar-refractivity contribution is -0.126. The molecule has 1 atom stereocenters. The number of piperidine rings is 1. The summed E-state index contributed by atoms with van der Waals surface area (Å²) in [5.74, 6) is 1.29. The average Bonchev–Trinajstić information content (AvgIpc) is 3.16. The first-order valence-electron chi connectivity index (χ1n) is 9.82. The number of carbonyl (C=O) groups is 1. The van der Waals surface area contributed by atoms with Crippen molar-refractivity contribution in [2.75, 3.05) is 32.8 Å². The van der Waals surface area contributed by atoms with Crippen LogP contribution < -0.4 is 5.32 Å². The maximum absolute atomic E-state index is 12.4. The van der Waals surface area contributed by atoms with Crippen LogP contribution in [0, 0.1) is 5.92 Å². The highest BCUT2D eigenvalue weighted by atomic mass is 79.9. The van der Waals surface area contributed by atoms with Crippen molar-refractivity contribution in [1.82, 2.24) is 20.4 Å². The second kappa shape index (κ2) is 10.7. The quantitative estimate of drug-likeness (QED) is 0.590. The number of nitrogens with one attached hydrogen (secondary N) is 1. The van der Waals surface area contributed by atoms with Gasteiger partial charge in [0.15, 0.2) is 0 Å². The van der Waals surface area contributed by atoms with Gasteiger partial charge in [-0.05, 0) is 44.9 Å². The molecule has 1 aromatic carbocycles.